The van der Waals surface area contributed by atoms with Crippen molar-refractivity contribution in [3.8, 4) is 0 Å². The Balaban J connectivity index is 1.10. The summed E-state index contributed by atoms with van der Waals surface area (Å²) in [5.74, 6) is -0.111. The molecule has 4 aromatic rings. The molecule has 3 heterocycles. The average Bonchev–Trinajstić information content (AvgIpc) is 2.97. The molecule has 0 N–H and O–H groups in total. The van der Waals surface area contributed by atoms with Gasteiger partial charge in [-0.2, -0.15) is 0 Å². The number of hydrogen-bond acceptors (Lipinski definition) is 4. The summed E-state index contributed by atoms with van der Waals surface area (Å²) in [6.07, 6.45) is 17.8. The summed E-state index contributed by atoms with van der Waals surface area (Å²) in [7, 11) is 0. The van der Waals surface area contributed by atoms with Gasteiger partial charge in [0, 0.05) is 72.6 Å². The highest BCUT2D eigenvalue weighted by molar-refractivity contribution is 5.91. The maximum Gasteiger partial charge on any atom is 0.246 e. The van der Waals surface area contributed by atoms with Crippen LogP contribution in [-0.2, 0) is 9.59 Å². The molecule has 0 atom stereocenters. The molecule has 6 heteroatoms. The van der Waals surface area contributed by atoms with Crippen LogP contribution in [0.2, 0.25) is 0 Å². The maximum absolute atomic E-state index is 12.6. The highest BCUT2D eigenvalue weighted by atomic mass is 16.2. The molecular formula is C32H28N4O2. The van der Waals surface area contributed by atoms with Gasteiger partial charge in [-0.25, -0.2) is 0 Å². The fourth-order valence-corrected chi connectivity index (χ4v) is 4.48. The first-order valence-electron chi connectivity index (χ1n) is 12.6. The Hall–Kier alpha value is -4.84. The van der Waals surface area contributed by atoms with Gasteiger partial charge < -0.3 is 9.80 Å². The number of para-hydroxylation sites is 2. The molecule has 5 rings (SSSR count). The van der Waals surface area contributed by atoms with Crippen LogP contribution in [-0.4, -0.2) is 57.8 Å². The maximum atomic E-state index is 12.6. The predicted molar refractivity (Wildman–Crippen MR) is 153 cm³/mol. The number of benzene rings is 2. The number of hydrogen-bond donors (Lipinski definition) is 0. The Bertz CT molecular complexity index is 1450. The lowest BCUT2D eigenvalue weighted by atomic mass is 10.1. The van der Waals surface area contributed by atoms with E-state index in [1.54, 1.807) is 46.5 Å². The van der Waals surface area contributed by atoms with E-state index in [0.717, 1.165) is 32.9 Å². The molecule has 1 aliphatic heterocycles. The van der Waals surface area contributed by atoms with Gasteiger partial charge in [-0.15, -0.1) is 0 Å². The van der Waals surface area contributed by atoms with Gasteiger partial charge in [-0.05, 0) is 12.1 Å². The van der Waals surface area contributed by atoms with Crippen LogP contribution in [0, 0.1) is 0 Å². The normalized spacial score (nSPS) is 14.6. The quantitative estimate of drug-likeness (QED) is 0.266. The largest absolute Gasteiger partial charge is 0.336 e. The summed E-state index contributed by atoms with van der Waals surface area (Å²) in [5, 5.41) is 2.16. The number of nitrogens with zero attached hydrogens (tertiary/aromatic N) is 4. The highest BCUT2D eigenvalue weighted by Crippen LogP contribution is 2.18. The van der Waals surface area contributed by atoms with Gasteiger partial charge in [0.25, 0.3) is 0 Å². The first-order chi connectivity index (χ1) is 18.7. The molecule has 2 aromatic heterocycles. The molecule has 6 nitrogen and oxygen atoms in total. The molecule has 2 amide bonds. The topological polar surface area (TPSA) is 66.4 Å². The number of amides is 2. The minimum atomic E-state index is -0.0556. The Morgan fingerprint density at radius 2 is 1.00 bits per heavy atom. The summed E-state index contributed by atoms with van der Waals surface area (Å²) < 4.78 is 0. The lowest BCUT2D eigenvalue weighted by Gasteiger charge is -2.33. The number of pyridine rings is 2. The highest BCUT2D eigenvalue weighted by Gasteiger charge is 2.21. The molecule has 2 aromatic carbocycles. The molecule has 1 saturated heterocycles. The van der Waals surface area contributed by atoms with Gasteiger partial charge in [0.15, 0.2) is 0 Å². The van der Waals surface area contributed by atoms with Crippen LogP contribution in [0.1, 0.15) is 11.1 Å². The Morgan fingerprint density at radius 1 is 0.579 bits per heavy atom. The van der Waals surface area contributed by atoms with E-state index in [1.165, 1.54) is 0 Å². The smallest absolute Gasteiger partial charge is 0.246 e. The van der Waals surface area contributed by atoms with Gasteiger partial charge in [-0.3, -0.25) is 19.6 Å². The van der Waals surface area contributed by atoms with E-state index in [-0.39, 0.29) is 11.8 Å². The monoisotopic (exact) mass is 500 g/mol. The Kier molecular flexibility index (Phi) is 7.80. The van der Waals surface area contributed by atoms with Crippen molar-refractivity contribution < 1.29 is 9.59 Å². The lowest BCUT2D eigenvalue weighted by Crippen LogP contribution is -2.49. The minimum absolute atomic E-state index is 0.0556. The van der Waals surface area contributed by atoms with Crippen molar-refractivity contribution in [2.45, 2.75) is 0 Å². The summed E-state index contributed by atoms with van der Waals surface area (Å²) in [4.78, 5) is 37.6. The van der Waals surface area contributed by atoms with Gasteiger partial charge in [0.2, 0.25) is 11.8 Å². The van der Waals surface area contributed by atoms with Crippen molar-refractivity contribution in [3.63, 3.8) is 0 Å². The second kappa shape index (κ2) is 11.9. The van der Waals surface area contributed by atoms with E-state index >= 15 is 0 Å². The average molecular weight is 501 g/mol. The van der Waals surface area contributed by atoms with Crippen LogP contribution in [0.25, 0.3) is 34.0 Å². The zero-order valence-electron chi connectivity index (χ0n) is 21.0. The summed E-state index contributed by atoms with van der Waals surface area (Å²) in [5.41, 5.74) is 3.87. The Labute approximate surface area is 221 Å². The summed E-state index contributed by atoms with van der Waals surface area (Å²) >= 11 is 0. The van der Waals surface area contributed by atoms with Crippen molar-refractivity contribution in [1.82, 2.24) is 19.8 Å². The third-order valence-corrected chi connectivity index (χ3v) is 6.48. The predicted octanol–water partition coefficient (Wildman–Crippen LogP) is 5.29. The number of carbonyl (C=O) groups excluding carboxylic acids is 2. The molecule has 0 saturated carbocycles. The van der Waals surface area contributed by atoms with Crippen LogP contribution < -0.4 is 0 Å². The van der Waals surface area contributed by atoms with Crippen molar-refractivity contribution in [2.75, 3.05) is 26.2 Å². The Morgan fingerprint density at radius 3 is 1.45 bits per heavy atom. The molecule has 0 spiro atoms. The molecule has 0 radical (unpaired) electrons. The van der Waals surface area contributed by atoms with Gasteiger partial charge in [0.05, 0.1) is 11.0 Å². The number of rotatable bonds is 6. The number of piperazine rings is 1. The zero-order valence-corrected chi connectivity index (χ0v) is 21.0. The molecule has 188 valence electrons. The van der Waals surface area contributed by atoms with Crippen LogP contribution in [0.15, 0.2) is 110 Å². The van der Waals surface area contributed by atoms with Crippen LogP contribution in [0.3, 0.4) is 0 Å². The SMILES string of the molecule is O=C(C=CC=Cc1cccc2cccnc12)N1CCN(C(=O)C=CC=Cc2cccc3cccnc23)CC1. The first-order valence-corrected chi connectivity index (χ1v) is 12.6. The molecule has 0 unspecified atom stereocenters. The fourth-order valence-electron chi connectivity index (χ4n) is 4.48. The van der Waals surface area contributed by atoms with E-state index in [4.69, 9.17) is 0 Å². The second-order valence-electron chi connectivity index (χ2n) is 8.93. The van der Waals surface area contributed by atoms with Gasteiger partial charge in [-0.1, -0.05) is 85.0 Å². The minimum Gasteiger partial charge on any atom is -0.336 e. The molecule has 1 aliphatic rings. The number of allylic oxidation sites excluding steroid dienone is 4. The second-order valence-corrected chi connectivity index (χ2v) is 8.93. The van der Waals surface area contributed by atoms with Gasteiger partial charge in [0.1, 0.15) is 0 Å². The van der Waals surface area contributed by atoms with Crippen LogP contribution >= 0.6 is 0 Å². The zero-order chi connectivity index (χ0) is 26.2. The summed E-state index contributed by atoms with van der Waals surface area (Å²) in [6, 6.07) is 19.9. The third-order valence-electron chi connectivity index (χ3n) is 6.48. The van der Waals surface area contributed by atoms with Gasteiger partial charge >= 0.3 is 0 Å². The number of carbonyl (C=O) groups is 2. The molecular weight excluding hydrogens is 472 g/mol. The first kappa shape index (κ1) is 24.8. The van der Waals surface area contributed by atoms with E-state index in [9.17, 15) is 9.59 Å². The molecule has 0 bridgehead atoms. The fraction of sp³-hybridized carbons (Fsp3) is 0.125. The lowest BCUT2D eigenvalue weighted by molar-refractivity contribution is -0.134. The van der Waals surface area contributed by atoms with Crippen molar-refractivity contribution in [3.05, 3.63) is 121 Å². The molecule has 0 aliphatic carbocycles. The van der Waals surface area contributed by atoms with Crippen molar-refractivity contribution in [2.24, 2.45) is 0 Å². The number of aromatic nitrogens is 2. The van der Waals surface area contributed by atoms with E-state index in [0.29, 0.717) is 26.2 Å². The molecule has 1 fully saturated rings. The van der Waals surface area contributed by atoms with Crippen LogP contribution in [0.5, 0.6) is 0 Å². The third kappa shape index (κ3) is 5.93. The van der Waals surface area contributed by atoms with E-state index < -0.39 is 0 Å². The van der Waals surface area contributed by atoms with E-state index in [1.807, 2.05) is 85.0 Å². The van der Waals surface area contributed by atoms with Crippen LogP contribution in [0.4, 0.5) is 0 Å². The standard InChI is InChI=1S/C32H28N4O2/c37-29(17-3-1-9-25-11-5-13-27-15-7-19-33-31(25)27)35-21-23-36(24-22-35)30(38)18-4-2-10-26-12-6-14-28-16-8-20-34-32(26)28/h1-20H,21-24H2. The van der Waals surface area contributed by atoms with Crippen molar-refractivity contribution >= 4 is 45.8 Å². The molecule has 38 heavy (non-hydrogen) atoms. The summed E-state index contributed by atoms with van der Waals surface area (Å²) in [6.45, 7) is 2.04. The van der Waals surface area contributed by atoms with Crippen molar-refractivity contribution in [1.29, 1.82) is 0 Å². The van der Waals surface area contributed by atoms with E-state index in [2.05, 4.69) is 9.97 Å². The number of fused-ring (bicyclic) bond motifs is 2.